The van der Waals surface area contributed by atoms with Crippen molar-refractivity contribution in [3.8, 4) is 69.6 Å². The van der Waals surface area contributed by atoms with Crippen LogP contribution in [0.4, 0.5) is 0 Å². The maximum absolute atomic E-state index is 12.5. The van der Waals surface area contributed by atoms with Gasteiger partial charge in [0.2, 0.25) is 27.8 Å². The number of nitriles is 2. The number of methoxy groups -OCH3 is 9. The fraction of sp³-hybridized carbons (Fsp3) is 0.340. The molecule has 0 saturated heterocycles. The number of ether oxygens (including phenoxy) is 12. The first-order valence-electron chi connectivity index (χ1n) is 40.7. The molecule has 11 rings (SSSR count). The number of halogens is 8. The van der Waals surface area contributed by atoms with Crippen LogP contribution < -0.4 is 64.5 Å². The summed E-state index contributed by atoms with van der Waals surface area (Å²) in [5, 5.41) is 30.3. The average Bonchev–Trinajstić information content (AvgIpc) is 0.759. The number of nitrogens with one attached hydrogen (secondary N) is 1. The maximum Gasteiger partial charge on any atom is 0.345 e. The van der Waals surface area contributed by atoms with Gasteiger partial charge in [-0.05, 0) is 128 Å². The molecule has 0 aromatic carbocycles. The van der Waals surface area contributed by atoms with Crippen LogP contribution in [0.15, 0.2) is 168 Å². The molecule has 11 aromatic rings. The van der Waals surface area contributed by atoms with Crippen LogP contribution in [0.2, 0.25) is 35.2 Å². The van der Waals surface area contributed by atoms with E-state index in [1.807, 2.05) is 40.7 Å². The van der Waals surface area contributed by atoms with Gasteiger partial charge in [0.1, 0.15) is 34.6 Å². The van der Waals surface area contributed by atoms with Gasteiger partial charge in [0.15, 0.2) is 46.0 Å². The monoisotopic (exact) mass is 2070 g/mol. The Morgan fingerprint density at radius 2 is 0.911 bits per heavy atom. The van der Waals surface area contributed by atoms with Gasteiger partial charge in [0.25, 0.3) is 5.56 Å². The predicted molar refractivity (Wildman–Crippen MR) is 520 cm³/mol. The van der Waals surface area contributed by atoms with E-state index >= 15 is 0 Å². The third-order valence-corrected chi connectivity index (χ3v) is 20.5. The molecule has 0 fully saturated rings. The van der Waals surface area contributed by atoms with Gasteiger partial charge in [0.05, 0.1) is 202 Å². The summed E-state index contributed by atoms with van der Waals surface area (Å²) in [4.78, 5) is 119. The second-order valence-corrected chi connectivity index (χ2v) is 29.7. The summed E-state index contributed by atoms with van der Waals surface area (Å²) >= 11 is 44.7. The second kappa shape index (κ2) is 64.4. The summed E-state index contributed by atoms with van der Waals surface area (Å²) < 4.78 is 71.2. The quantitative estimate of drug-likeness (QED) is 0.00967. The van der Waals surface area contributed by atoms with Crippen LogP contribution in [-0.4, -0.2) is 152 Å². The highest BCUT2D eigenvalue weighted by atomic mass is 79.9. The predicted octanol–water partition coefficient (Wildman–Crippen LogP) is 20.0. The van der Waals surface area contributed by atoms with Gasteiger partial charge in [-0.2, -0.15) is 10.5 Å². The molecule has 0 aliphatic rings. The van der Waals surface area contributed by atoms with Crippen molar-refractivity contribution in [2.24, 2.45) is 0 Å². The largest absolute Gasteiger partial charge is 0.502 e. The molecule has 11 aromatic heterocycles. The molecule has 0 aliphatic carbocycles. The van der Waals surface area contributed by atoms with Crippen LogP contribution in [0.1, 0.15) is 153 Å². The number of alkyl halides is 1. The summed E-state index contributed by atoms with van der Waals surface area (Å²) in [6, 6.07) is 21.1. The van der Waals surface area contributed by atoms with Crippen molar-refractivity contribution < 1.29 is 90.0 Å². The van der Waals surface area contributed by atoms with Crippen molar-refractivity contribution in [3.05, 3.63) is 279 Å². The molecule has 135 heavy (non-hydrogen) atoms. The van der Waals surface area contributed by atoms with E-state index in [4.69, 9.17) is 158 Å². The molecule has 0 spiro atoms. The van der Waals surface area contributed by atoms with Crippen LogP contribution >= 0.6 is 97.1 Å². The van der Waals surface area contributed by atoms with E-state index in [9.17, 15) is 38.4 Å². The highest BCUT2D eigenvalue weighted by Gasteiger charge is 2.27. The van der Waals surface area contributed by atoms with E-state index in [1.54, 1.807) is 141 Å². The van der Waals surface area contributed by atoms with E-state index in [2.05, 4.69) is 61.3 Å². The summed E-state index contributed by atoms with van der Waals surface area (Å²) in [5.74, 6) is 1.80. The SMILES string of the molecule is CCC(C#N)c1nccc(Cl)c1OC.CCC(C=O)c1nccc(Cl)c1OC.CCOC(=O)C(=CC(CC)c1nccc(Cl)c1OC)C(=O)OCC.CCOC(=O)c1cc(CC)c2c(OC)c(Cl)ccn2c1=O.COc1c(C)[nH]ccc1=O.COc1c(C)occc1=O.COc1c(Cl)ccnc1C.COc1c(Cl)ccnc1CBr.COc1c(Cl)ccnc1CC#N.Cc1occc(=O)c1O. The fourth-order valence-electron chi connectivity index (χ4n) is 11.4. The zero-order valence-electron chi connectivity index (χ0n) is 77.9. The standard InChI is InChI=1S/C17H22ClNO5.C15H16ClNO4.C10H11ClN2O.C10H12ClNO2.C8H7ClN2O.C7H7BrClNO.C7H8ClNO.C7H9NO2.C7H8O3.C6H6O3/c1-5-11(14-15(22-4)13(18)8-9-19-14)10-12(16(20)23-6-2)17(21)24-7-3;1-4-9-8-10(15(19)21-5-2)14(18)17-7-6-11(16)13(20-3)12(9)17;1-3-7(6-12)9-10(14-2)8(11)4-5-13-9;1-3-7(6-13)9-10(14-2)8(11)4-5-12-9;1-12-8-6(9)3-5-11-7(8)2-4-10;1-11-7-5(9)2-3-10-6(7)4-8;1-5-7(10-2)6(8)3-4-9-5;1-5-7(10-2)6(9)3-4-8-5;1-5-7(9-2)6(8)3-4-10-5;1-4-6(8)5(7)2-3-9-4/h8-11H,5-7H2,1-4H3;6-8H,4-5H2,1-3H3;4-5,7H,3H2,1-2H3;4-7H,3H2,1-2H3;3,5H,2H2,1H3;2-3H,4H2,1H3;3-4H,1-2H3;3-4H,1-2H3,(H,8,9);3-4H,1-2H3;2-3,8H,1H3. The molecule has 33 nitrogen and oxygen atoms in total. The lowest BCUT2D eigenvalue weighted by molar-refractivity contribution is -0.146. The number of fused-ring (bicyclic) bond motifs is 1. The lowest BCUT2D eigenvalue weighted by Crippen LogP contribution is -2.24. The number of carbonyl (C=O) groups is 4. The number of aromatic nitrogens is 8. The molecule has 3 unspecified atom stereocenters. The molecule has 2 N–H and O–H groups in total. The van der Waals surface area contributed by atoms with E-state index < -0.39 is 28.9 Å². The Kier molecular flexibility index (Phi) is 56.6. The van der Waals surface area contributed by atoms with Gasteiger partial charge >= 0.3 is 17.9 Å². The summed E-state index contributed by atoms with van der Waals surface area (Å²) in [5.41, 5.74) is 4.87. The Bertz CT molecular complexity index is 5930. The number of H-pyrrole nitrogens is 1. The lowest BCUT2D eigenvalue weighted by Gasteiger charge is -2.16. The molecule has 0 bridgehead atoms. The molecule has 0 radical (unpaired) electrons. The summed E-state index contributed by atoms with van der Waals surface area (Å²) in [7, 11) is 13.6. The number of allylic oxidation sites excluding steroid dienone is 1. The number of hydrogen-bond acceptors (Lipinski definition) is 31. The van der Waals surface area contributed by atoms with Gasteiger partial charge < -0.3 is 80.6 Å². The molecular weight excluding hydrogens is 1970 g/mol. The first-order valence-corrected chi connectivity index (χ1v) is 44.4. The Morgan fingerprint density at radius 1 is 0.496 bits per heavy atom. The number of rotatable bonds is 26. The van der Waals surface area contributed by atoms with Crippen molar-refractivity contribution in [1.29, 1.82) is 10.5 Å². The zero-order chi connectivity index (χ0) is 102. The molecule has 726 valence electrons. The zero-order valence-corrected chi connectivity index (χ0v) is 84.7. The van der Waals surface area contributed by atoms with Crippen LogP contribution in [0, 0.1) is 50.4 Å². The Morgan fingerprint density at radius 3 is 1.29 bits per heavy atom. The third-order valence-electron chi connectivity index (χ3n) is 17.9. The molecule has 41 heteroatoms. The number of hydrogen-bond donors (Lipinski definition) is 2. The van der Waals surface area contributed by atoms with E-state index in [0.29, 0.717) is 146 Å². The second-order valence-electron chi connectivity index (χ2n) is 26.3. The van der Waals surface area contributed by atoms with Gasteiger partial charge in [-0.25, -0.2) is 14.4 Å². The molecule has 0 saturated carbocycles. The minimum Gasteiger partial charge on any atom is -0.502 e. The number of aromatic amines is 1. The maximum atomic E-state index is 12.5. The normalized spacial score (nSPS) is 10.5. The summed E-state index contributed by atoms with van der Waals surface area (Å²) in [6.45, 7) is 20.1. The highest BCUT2D eigenvalue weighted by Crippen LogP contribution is 2.38. The third kappa shape index (κ3) is 36.3. The lowest BCUT2D eigenvalue weighted by atomic mass is 9.97. The topological polar surface area (TPSA) is 439 Å². The number of aryl methyl sites for hydroxylation is 5. The minimum absolute atomic E-state index is 0.00979. The first-order chi connectivity index (χ1) is 64.6. The summed E-state index contributed by atoms with van der Waals surface area (Å²) in [6.07, 6.45) is 20.4. The number of aromatic hydroxyl groups is 1. The van der Waals surface area contributed by atoms with E-state index in [1.165, 1.54) is 104 Å². The molecular formula is C94H106BrCl7N10O23. The van der Waals surface area contributed by atoms with Crippen molar-refractivity contribution in [2.45, 2.75) is 131 Å². The molecule has 0 aliphatic heterocycles. The molecule has 3 atom stereocenters. The van der Waals surface area contributed by atoms with Gasteiger partial charge in [-0.3, -0.25) is 53.5 Å². The van der Waals surface area contributed by atoms with E-state index in [0.717, 1.165) is 28.9 Å². The smallest absolute Gasteiger partial charge is 0.345 e. The number of pyridine rings is 9. The van der Waals surface area contributed by atoms with Crippen molar-refractivity contribution in [1.82, 2.24) is 39.3 Å². The van der Waals surface area contributed by atoms with Crippen LogP contribution in [0.25, 0.3) is 5.52 Å². The number of aldehydes is 1. The molecule has 11 heterocycles. The van der Waals surface area contributed by atoms with Crippen molar-refractivity contribution >= 4 is 127 Å². The highest BCUT2D eigenvalue weighted by molar-refractivity contribution is 9.08. The van der Waals surface area contributed by atoms with Crippen molar-refractivity contribution in [2.75, 3.05) is 83.8 Å². The fourth-order valence-corrected chi connectivity index (χ4v) is 13.4. The van der Waals surface area contributed by atoms with E-state index in [-0.39, 0.29) is 83.2 Å². The Hall–Kier alpha value is -12.5. The average molecular weight is 2070 g/mol. The van der Waals surface area contributed by atoms with Gasteiger partial charge in [0, 0.05) is 79.0 Å². The first kappa shape index (κ1) is 119. The Labute approximate surface area is 824 Å². The Balaban J connectivity index is 0.000000516. The van der Waals surface area contributed by atoms with Gasteiger partial charge in [-0.15, -0.1) is 0 Å². The van der Waals surface area contributed by atoms with Gasteiger partial charge in [-0.1, -0.05) is 131 Å². The number of carbonyl (C=O) groups excluding carboxylic acids is 4. The van der Waals surface area contributed by atoms with Crippen LogP contribution in [0.5, 0.6) is 57.5 Å². The van der Waals surface area contributed by atoms with Crippen LogP contribution in [0.3, 0.4) is 0 Å². The van der Waals surface area contributed by atoms with Crippen molar-refractivity contribution in [3.63, 3.8) is 0 Å². The number of nitrogens with zero attached hydrogens (tertiary/aromatic N) is 9. The van der Waals surface area contributed by atoms with Crippen LogP contribution in [-0.2, 0) is 46.8 Å². The minimum atomic E-state index is -0.726. The molecule has 0 amide bonds. The number of esters is 3.